The number of furan rings is 1. The van der Waals surface area contributed by atoms with Gasteiger partial charge in [-0.1, -0.05) is 11.6 Å². The van der Waals surface area contributed by atoms with E-state index in [-0.39, 0.29) is 5.91 Å². The predicted molar refractivity (Wildman–Crippen MR) is 110 cm³/mol. The monoisotopic (exact) mass is 378 g/mol. The number of hydrogen-bond donors (Lipinski definition) is 1. The zero-order chi connectivity index (χ0) is 19.5. The molecule has 1 N–H and O–H groups in total. The summed E-state index contributed by atoms with van der Waals surface area (Å²) in [5.74, 6) is 0.592. The van der Waals surface area contributed by atoms with Crippen LogP contribution in [-0.4, -0.2) is 67.0 Å². The summed E-state index contributed by atoms with van der Waals surface area (Å²) < 4.78 is 5.49. The number of fused-ring (bicyclic) bond motifs is 1. The van der Waals surface area contributed by atoms with E-state index in [0.717, 1.165) is 49.2 Å². The van der Waals surface area contributed by atoms with Gasteiger partial charge in [0.15, 0.2) is 5.76 Å². The number of nitrogens with one attached hydrogen (secondary N) is 1. The number of hydrogen-bond acceptors (Lipinski definition) is 5. The van der Waals surface area contributed by atoms with Crippen molar-refractivity contribution in [3.8, 4) is 11.5 Å². The van der Waals surface area contributed by atoms with Crippen LogP contribution in [0.5, 0.6) is 0 Å². The van der Waals surface area contributed by atoms with Crippen molar-refractivity contribution in [2.24, 2.45) is 0 Å². The maximum Gasteiger partial charge on any atom is 0.252 e. The predicted octanol–water partition coefficient (Wildman–Crippen LogP) is 2.78. The molecule has 4 rings (SSSR count). The Morgan fingerprint density at radius 1 is 1.18 bits per heavy atom. The minimum absolute atomic E-state index is 0.0695. The fourth-order valence-electron chi connectivity index (χ4n) is 3.57. The second kappa shape index (κ2) is 8.12. The number of carbonyl (C=O) groups excluding carboxylic acids is 1. The molecule has 0 saturated carbocycles. The van der Waals surface area contributed by atoms with Gasteiger partial charge in [-0.3, -0.25) is 9.69 Å². The highest BCUT2D eigenvalue weighted by Crippen LogP contribution is 2.26. The topological polar surface area (TPSA) is 61.6 Å². The smallest absolute Gasteiger partial charge is 0.252 e. The molecule has 2 aromatic heterocycles. The Bertz CT molecular complexity index is 960. The summed E-state index contributed by atoms with van der Waals surface area (Å²) >= 11 is 0. The number of nitrogens with zero attached hydrogens (tertiary/aromatic N) is 3. The summed E-state index contributed by atoms with van der Waals surface area (Å²) in [4.78, 5) is 22.4. The van der Waals surface area contributed by atoms with Crippen molar-refractivity contribution in [2.75, 3.05) is 46.3 Å². The summed E-state index contributed by atoms with van der Waals surface area (Å²) in [7, 11) is 2.15. The molecule has 28 heavy (non-hydrogen) atoms. The fraction of sp³-hybridized carbons (Fsp3) is 0.364. The molecule has 1 amide bonds. The van der Waals surface area contributed by atoms with Crippen molar-refractivity contribution >= 4 is 16.8 Å². The van der Waals surface area contributed by atoms with Gasteiger partial charge in [-0.25, -0.2) is 4.98 Å². The molecule has 1 saturated heterocycles. The third-order valence-corrected chi connectivity index (χ3v) is 5.29. The van der Waals surface area contributed by atoms with Gasteiger partial charge in [0, 0.05) is 44.7 Å². The second-order valence-corrected chi connectivity index (χ2v) is 7.45. The van der Waals surface area contributed by atoms with Gasteiger partial charge in [-0.05, 0) is 44.3 Å². The quantitative estimate of drug-likeness (QED) is 0.740. The van der Waals surface area contributed by atoms with Crippen molar-refractivity contribution in [3.05, 3.63) is 53.8 Å². The fourth-order valence-corrected chi connectivity index (χ4v) is 3.57. The summed E-state index contributed by atoms with van der Waals surface area (Å²) in [5.41, 5.74) is 3.21. The SMILES string of the molecule is Cc1ccc2nc(-c3ccco3)cc(C(=O)NCCN3CCN(C)CC3)c2c1. The molecule has 0 radical (unpaired) electrons. The van der Waals surface area contributed by atoms with Crippen LogP contribution in [0.3, 0.4) is 0 Å². The number of pyridine rings is 1. The van der Waals surface area contributed by atoms with E-state index in [1.54, 1.807) is 6.26 Å². The molecule has 6 heteroatoms. The summed E-state index contributed by atoms with van der Waals surface area (Å²) in [6.45, 7) is 7.78. The summed E-state index contributed by atoms with van der Waals surface area (Å²) in [6.07, 6.45) is 1.62. The molecule has 1 aliphatic rings. The molecule has 0 bridgehead atoms. The number of rotatable bonds is 5. The highest BCUT2D eigenvalue weighted by molar-refractivity contribution is 6.07. The van der Waals surface area contributed by atoms with Gasteiger partial charge in [0.1, 0.15) is 5.69 Å². The average molecular weight is 378 g/mol. The molecule has 6 nitrogen and oxygen atoms in total. The first-order chi connectivity index (χ1) is 13.6. The number of benzene rings is 1. The van der Waals surface area contributed by atoms with Crippen molar-refractivity contribution in [2.45, 2.75) is 6.92 Å². The van der Waals surface area contributed by atoms with Crippen molar-refractivity contribution in [1.29, 1.82) is 0 Å². The van der Waals surface area contributed by atoms with Gasteiger partial charge in [-0.2, -0.15) is 0 Å². The zero-order valence-corrected chi connectivity index (χ0v) is 16.4. The van der Waals surface area contributed by atoms with E-state index in [2.05, 4.69) is 27.1 Å². The minimum atomic E-state index is -0.0695. The lowest BCUT2D eigenvalue weighted by Gasteiger charge is -2.32. The molecule has 3 aromatic rings. The second-order valence-electron chi connectivity index (χ2n) is 7.45. The summed E-state index contributed by atoms with van der Waals surface area (Å²) in [5, 5.41) is 3.96. The largest absolute Gasteiger partial charge is 0.463 e. The molecule has 0 spiro atoms. The van der Waals surface area contributed by atoms with Crippen LogP contribution in [0.1, 0.15) is 15.9 Å². The first-order valence-corrected chi connectivity index (χ1v) is 9.74. The van der Waals surface area contributed by atoms with Crippen LogP contribution in [0, 0.1) is 6.92 Å². The number of likely N-dealkylation sites (N-methyl/N-ethyl adjacent to an activating group) is 1. The number of carbonyl (C=O) groups is 1. The Kier molecular flexibility index (Phi) is 5.41. The minimum Gasteiger partial charge on any atom is -0.463 e. The zero-order valence-electron chi connectivity index (χ0n) is 16.4. The van der Waals surface area contributed by atoms with Gasteiger partial charge in [-0.15, -0.1) is 0 Å². The molecule has 0 unspecified atom stereocenters. The molecule has 146 valence electrons. The van der Waals surface area contributed by atoms with Gasteiger partial charge in [0.2, 0.25) is 0 Å². The van der Waals surface area contributed by atoms with Crippen LogP contribution in [0.2, 0.25) is 0 Å². The molecule has 0 aliphatic carbocycles. The van der Waals surface area contributed by atoms with Crippen molar-refractivity contribution in [1.82, 2.24) is 20.1 Å². The first-order valence-electron chi connectivity index (χ1n) is 9.74. The van der Waals surface area contributed by atoms with Crippen LogP contribution in [0.25, 0.3) is 22.4 Å². The maximum absolute atomic E-state index is 13.0. The van der Waals surface area contributed by atoms with Crippen LogP contribution in [-0.2, 0) is 0 Å². The lowest BCUT2D eigenvalue weighted by atomic mass is 10.0. The Morgan fingerprint density at radius 2 is 2.00 bits per heavy atom. The highest BCUT2D eigenvalue weighted by Gasteiger charge is 2.17. The van der Waals surface area contributed by atoms with E-state index < -0.39 is 0 Å². The third-order valence-electron chi connectivity index (χ3n) is 5.29. The molecule has 1 aromatic carbocycles. The van der Waals surface area contributed by atoms with E-state index in [9.17, 15) is 4.79 Å². The average Bonchev–Trinajstić information content (AvgIpc) is 3.23. The molecule has 1 aliphatic heterocycles. The molecule has 3 heterocycles. The highest BCUT2D eigenvalue weighted by atomic mass is 16.3. The van der Waals surface area contributed by atoms with E-state index >= 15 is 0 Å². The Hall–Kier alpha value is -2.70. The molecular weight excluding hydrogens is 352 g/mol. The van der Waals surface area contributed by atoms with Gasteiger partial charge in [0.25, 0.3) is 5.91 Å². The van der Waals surface area contributed by atoms with E-state index in [1.165, 1.54) is 0 Å². The summed E-state index contributed by atoms with van der Waals surface area (Å²) in [6, 6.07) is 11.5. The van der Waals surface area contributed by atoms with Crippen molar-refractivity contribution < 1.29 is 9.21 Å². The van der Waals surface area contributed by atoms with Crippen LogP contribution in [0.15, 0.2) is 47.1 Å². The molecular formula is C22H26N4O2. The molecule has 1 fully saturated rings. The van der Waals surface area contributed by atoms with E-state index in [4.69, 9.17) is 4.42 Å². The van der Waals surface area contributed by atoms with Crippen LogP contribution in [0.4, 0.5) is 0 Å². The number of piperazine rings is 1. The normalized spacial score (nSPS) is 15.8. The number of aromatic nitrogens is 1. The van der Waals surface area contributed by atoms with Gasteiger partial charge >= 0.3 is 0 Å². The lowest BCUT2D eigenvalue weighted by Crippen LogP contribution is -2.46. The van der Waals surface area contributed by atoms with E-state index in [0.29, 0.717) is 23.6 Å². The Balaban J connectivity index is 1.54. The Morgan fingerprint density at radius 3 is 2.75 bits per heavy atom. The lowest BCUT2D eigenvalue weighted by molar-refractivity contribution is 0.0942. The van der Waals surface area contributed by atoms with Crippen molar-refractivity contribution in [3.63, 3.8) is 0 Å². The maximum atomic E-state index is 13.0. The Labute approximate surface area is 165 Å². The standard InChI is InChI=1S/C22H26N4O2/c1-16-5-6-19-17(14-16)18(15-20(24-19)21-4-3-13-28-21)22(27)23-7-8-26-11-9-25(2)10-12-26/h3-6,13-15H,7-12H2,1-2H3,(H,23,27). The number of amides is 1. The third kappa shape index (κ3) is 4.08. The number of aryl methyl sites for hydroxylation is 1. The van der Waals surface area contributed by atoms with Crippen LogP contribution >= 0.6 is 0 Å². The van der Waals surface area contributed by atoms with Gasteiger partial charge < -0.3 is 14.6 Å². The van der Waals surface area contributed by atoms with Crippen LogP contribution < -0.4 is 5.32 Å². The first kappa shape index (κ1) is 18.7. The van der Waals surface area contributed by atoms with E-state index in [1.807, 2.05) is 43.3 Å². The van der Waals surface area contributed by atoms with Gasteiger partial charge in [0.05, 0.1) is 17.3 Å². The molecule has 0 atom stereocenters.